The van der Waals surface area contributed by atoms with Gasteiger partial charge in [0.15, 0.2) is 5.70 Å². The van der Waals surface area contributed by atoms with Crippen molar-refractivity contribution in [2.45, 2.75) is 20.0 Å². The molecule has 98 valence electrons. The third kappa shape index (κ3) is 4.08. The second kappa shape index (κ2) is 5.52. The maximum Gasteiger partial charge on any atom is 0.434 e. The Kier molecular flexibility index (Phi) is 4.30. The lowest BCUT2D eigenvalue weighted by Crippen LogP contribution is -2.13. The van der Waals surface area contributed by atoms with E-state index in [1.807, 2.05) is 0 Å². The number of aliphatic imine (C=N–C) groups is 1. The number of halogens is 3. The molecule has 4 nitrogen and oxygen atoms in total. The number of allylic oxidation sites excluding steroid dienone is 1. The van der Waals surface area contributed by atoms with Gasteiger partial charge in [0.25, 0.3) is 0 Å². The summed E-state index contributed by atoms with van der Waals surface area (Å²) in [6.45, 7) is 2.97. The van der Waals surface area contributed by atoms with E-state index in [0.717, 1.165) is 6.20 Å². The van der Waals surface area contributed by atoms with Crippen LogP contribution >= 0.6 is 0 Å². The minimum absolute atomic E-state index is 0.257. The number of anilines is 2. The highest BCUT2D eigenvalue weighted by Crippen LogP contribution is 2.27. The quantitative estimate of drug-likeness (QED) is 0.819. The standard InChI is InChI=1S/C11H13F3N4/c1-7(2)18-10(11(12,13)14)6-17-9-3-4-16-5-8(9)15/h3-6H,15H2,1-2H3,(H,16,17)/b10-6-. The SMILES string of the molecule is CC(C)=N/C(=C\Nc1ccncc1N)C(F)(F)F. The van der Waals surface area contributed by atoms with E-state index < -0.39 is 11.9 Å². The van der Waals surface area contributed by atoms with Gasteiger partial charge in [-0.25, -0.2) is 0 Å². The van der Waals surface area contributed by atoms with Crippen LogP contribution in [0.4, 0.5) is 24.5 Å². The highest BCUT2D eigenvalue weighted by molar-refractivity contribution is 5.80. The average molecular weight is 258 g/mol. The van der Waals surface area contributed by atoms with Gasteiger partial charge in [0.2, 0.25) is 0 Å². The average Bonchev–Trinajstić information content (AvgIpc) is 2.24. The predicted molar refractivity (Wildman–Crippen MR) is 65.2 cm³/mol. The van der Waals surface area contributed by atoms with Gasteiger partial charge in [-0.3, -0.25) is 9.98 Å². The zero-order valence-corrected chi connectivity index (χ0v) is 9.92. The Morgan fingerprint density at radius 3 is 2.61 bits per heavy atom. The summed E-state index contributed by atoms with van der Waals surface area (Å²) in [5.41, 5.74) is 5.44. The van der Waals surface area contributed by atoms with Crippen molar-refractivity contribution >= 4 is 17.1 Å². The van der Waals surface area contributed by atoms with Crippen LogP contribution in [0.5, 0.6) is 0 Å². The molecule has 0 aliphatic heterocycles. The number of nitrogen functional groups attached to an aromatic ring is 1. The summed E-state index contributed by atoms with van der Waals surface area (Å²) in [6.07, 6.45) is -0.976. The van der Waals surface area contributed by atoms with Gasteiger partial charge < -0.3 is 11.1 Å². The van der Waals surface area contributed by atoms with Gasteiger partial charge in [-0.05, 0) is 19.9 Å². The lowest BCUT2D eigenvalue weighted by Gasteiger charge is -2.09. The molecule has 0 saturated heterocycles. The number of pyridine rings is 1. The molecule has 0 aromatic carbocycles. The van der Waals surface area contributed by atoms with E-state index in [1.165, 1.54) is 32.3 Å². The molecule has 0 amide bonds. The number of alkyl halides is 3. The number of aromatic nitrogens is 1. The monoisotopic (exact) mass is 258 g/mol. The van der Waals surface area contributed by atoms with Crippen LogP contribution in [-0.2, 0) is 0 Å². The fraction of sp³-hybridized carbons (Fsp3) is 0.273. The molecule has 7 heteroatoms. The van der Waals surface area contributed by atoms with Crippen LogP contribution in [0.3, 0.4) is 0 Å². The van der Waals surface area contributed by atoms with E-state index in [1.54, 1.807) is 0 Å². The van der Waals surface area contributed by atoms with Gasteiger partial charge in [-0.2, -0.15) is 13.2 Å². The zero-order chi connectivity index (χ0) is 13.8. The minimum Gasteiger partial charge on any atom is -0.396 e. The molecule has 0 spiro atoms. The Bertz CT molecular complexity index is 473. The highest BCUT2D eigenvalue weighted by Gasteiger charge is 2.33. The number of hydrogen-bond acceptors (Lipinski definition) is 4. The van der Waals surface area contributed by atoms with Crippen molar-refractivity contribution in [3.8, 4) is 0 Å². The summed E-state index contributed by atoms with van der Waals surface area (Å²) >= 11 is 0. The number of nitrogens with two attached hydrogens (primary N) is 1. The first-order valence-electron chi connectivity index (χ1n) is 5.06. The summed E-state index contributed by atoms with van der Waals surface area (Å²) in [5, 5.41) is 2.47. The highest BCUT2D eigenvalue weighted by atomic mass is 19.4. The van der Waals surface area contributed by atoms with Crippen molar-refractivity contribution in [1.29, 1.82) is 0 Å². The van der Waals surface area contributed by atoms with Gasteiger partial charge in [0.1, 0.15) is 0 Å². The van der Waals surface area contributed by atoms with E-state index in [9.17, 15) is 13.2 Å². The van der Waals surface area contributed by atoms with Crippen LogP contribution in [0.15, 0.2) is 35.3 Å². The molecule has 18 heavy (non-hydrogen) atoms. The predicted octanol–water partition coefficient (Wildman–Crippen LogP) is 2.96. The largest absolute Gasteiger partial charge is 0.434 e. The van der Waals surface area contributed by atoms with E-state index in [2.05, 4.69) is 15.3 Å². The van der Waals surface area contributed by atoms with Crippen LogP contribution in [-0.4, -0.2) is 16.9 Å². The molecular weight excluding hydrogens is 245 g/mol. The van der Waals surface area contributed by atoms with Crippen molar-refractivity contribution in [2.24, 2.45) is 4.99 Å². The first-order valence-corrected chi connectivity index (χ1v) is 5.06. The molecular formula is C11H13F3N4. The van der Waals surface area contributed by atoms with Gasteiger partial charge in [0.05, 0.1) is 17.6 Å². The van der Waals surface area contributed by atoms with Gasteiger partial charge in [-0.15, -0.1) is 0 Å². The normalized spacial score (nSPS) is 12.2. The van der Waals surface area contributed by atoms with E-state index in [-0.39, 0.29) is 5.69 Å². The Balaban J connectivity index is 2.98. The van der Waals surface area contributed by atoms with Crippen LogP contribution in [0.2, 0.25) is 0 Å². The van der Waals surface area contributed by atoms with Crippen molar-refractivity contribution in [2.75, 3.05) is 11.1 Å². The third-order valence-corrected chi connectivity index (χ3v) is 1.85. The van der Waals surface area contributed by atoms with Crippen LogP contribution < -0.4 is 11.1 Å². The molecule has 1 rings (SSSR count). The Morgan fingerprint density at radius 2 is 2.11 bits per heavy atom. The molecule has 3 N–H and O–H groups in total. The van der Waals surface area contributed by atoms with Crippen molar-refractivity contribution in [1.82, 2.24) is 4.98 Å². The van der Waals surface area contributed by atoms with Gasteiger partial charge in [0, 0.05) is 18.1 Å². The Hall–Kier alpha value is -2.05. The number of nitrogens with zero attached hydrogens (tertiary/aromatic N) is 2. The maximum absolute atomic E-state index is 12.6. The number of nitrogens with one attached hydrogen (secondary N) is 1. The third-order valence-electron chi connectivity index (χ3n) is 1.85. The molecule has 0 saturated carbocycles. The molecule has 0 bridgehead atoms. The fourth-order valence-corrected chi connectivity index (χ4v) is 1.10. The van der Waals surface area contributed by atoms with Crippen molar-refractivity contribution < 1.29 is 13.2 Å². The molecule has 0 radical (unpaired) electrons. The minimum atomic E-state index is -4.52. The van der Waals surface area contributed by atoms with Gasteiger partial charge >= 0.3 is 6.18 Å². The number of rotatable bonds is 3. The summed E-state index contributed by atoms with van der Waals surface area (Å²) in [6, 6.07) is 1.47. The van der Waals surface area contributed by atoms with Crippen LogP contribution in [0.1, 0.15) is 13.8 Å². The van der Waals surface area contributed by atoms with Crippen LogP contribution in [0, 0.1) is 0 Å². The topological polar surface area (TPSA) is 63.3 Å². The first kappa shape index (κ1) is 14.0. The van der Waals surface area contributed by atoms with Gasteiger partial charge in [-0.1, -0.05) is 0 Å². The summed E-state index contributed by atoms with van der Waals surface area (Å²) in [4.78, 5) is 7.16. The lowest BCUT2D eigenvalue weighted by atomic mass is 10.3. The molecule has 1 heterocycles. The van der Waals surface area contributed by atoms with E-state index in [0.29, 0.717) is 11.4 Å². The van der Waals surface area contributed by atoms with E-state index >= 15 is 0 Å². The maximum atomic E-state index is 12.6. The second-order valence-corrected chi connectivity index (χ2v) is 3.69. The summed E-state index contributed by atoms with van der Waals surface area (Å²) in [7, 11) is 0. The molecule has 0 fully saturated rings. The summed E-state index contributed by atoms with van der Waals surface area (Å²) < 4.78 is 37.9. The molecule has 1 aromatic heterocycles. The molecule has 0 aliphatic carbocycles. The molecule has 0 unspecified atom stereocenters. The Labute approximate surface area is 102 Å². The first-order chi connectivity index (χ1) is 8.30. The fourth-order valence-electron chi connectivity index (χ4n) is 1.10. The second-order valence-electron chi connectivity index (χ2n) is 3.69. The summed E-state index contributed by atoms with van der Waals surface area (Å²) in [5.74, 6) is 0. The smallest absolute Gasteiger partial charge is 0.396 e. The molecule has 1 aromatic rings. The van der Waals surface area contributed by atoms with Crippen molar-refractivity contribution in [3.05, 3.63) is 30.4 Å². The van der Waals surface area contributed by atoms with Crippen molar-refractivity contribution in [3.63, 3.8) is 0 Å². The molecule has 0 atom stereocenters. The van der Waals surface area contributed by atoms with E-state index in [4.69, 9.17) is 5.73 Å². The van der Waals surface area contributed by atoms with Crippen LogP contribution in [0.25, 0.3) is 0 Å². The Morgan fingerprint density at radius 1 is 1.44 bits per heavy atom. The molecule has 0 aliphatic rings. The number of hydrogen-bond donors (Lipinski definition) is 2. The zero-order valence-electron chi connectivity index (χ0n) is 9.92. The lowest BCUT2D eigenvalue weighted by molar-refractivity contribution is -0.0924.